The van der Waals surface area contributed by atoms with Crippen LogP contribution in [0.1, 0.15) is 64.4 Å². The number of benzene rings is 2. The SMILES string of the molecule is COc1ccc(C(CC(=O)O)NC(=O)CCCCCN2C(=O)c3ccccc3C2=O)cc1. The second-order valence-corrected chi connectivity index (χ2v) is 7.61. The Labute approximate surface area is 186 Å². The lowest BCUT2D eigenvalue weighted by atomic mass is 10.0. The normalized spacial score (nSPS) is 13.6. The van der Waals surface area contributed by atoms with E-state index < -0.39 is 12.0 Å². The molecule has 0 radical (unpaired) electrons. The second kappa shape index (κ2) is 10.6. The predicted molar refractivity (Wildman–Crippen MR) is 116 cm³/mol. The highest BCUT2D eigenvalue weighted by atomic mass is 16.5. The van der Waals surface area contributed by atoms with Gasteiger partial charge in [-0.2, -0.15) is 0 Å². The number of hydrogen-bond donors (Lipinski definition) is 2. The van der Waals surface area contributed by atoms with E-state index >= 15 is 0 Å². The highest BCUT2D eigenvalue weighted by Gasteiger charge is 2.34. The van der Waals surface area contributed by atoms with Gasteiger partial charge in [0.25, 0.3) is 11.8 Å². The van der Waals surface area contributed by atoms with Gasteiger partial charge < -0.3 is 15.2 Å². The fraction of sp³-hybridized carbons (Fsp3) is 0.333. The third-order valence-electron chi connectivity index (χ3n) is 5.40. The summed E-state index contributed by atoms with van der Waals surface area (Å²) >= 11 is 0. The minimum atomic E-state index is -1.01. The molecule has 1 heterocycles. The minimum Gasteiger partial charge on any atom is -0.497 e. The molecule has 1 unspecified atom stereocenters. The number of aliphatic carboxylic acids is 1. The number of rotatable bonds is 11. The number of ether oxygens (including phenoxy) is 1. The van der Waals surface area contributed by atoms with Crippen LogP contribution < -0.4 is 10.1 Å². The predicted octanol–water partition coefficient (Wildman–Crippen LogP) is 3.18. The molecule has 168 valence electrons. The van der Waals surface area contributed by atoms with Crippen molar-refractivity contribution in [3.63, 3.8) is 0 Å². The first-order valence-electron chi connectivity index (χ1n) is 10.5. The number of imide groups is 1. The Hall–Kier alpha value is -3.68. The Morgan fingerprint density at radius 2 is 1.59 bits per heavy atom. The van der Waals surface area contributed by atoms with E-state index in [0.717, 1.165) is 0 Å². The van der Waals surface area contributed by atoms with Gasteiger partial charge in [0.2, 0.25) is 5.91 Å². The molecule has 8 heteroatoms. The number of methoxy groups -OCH3 is 1. The molecule has 2 aromatic rings. The van der Waals surface area contributed by atoms with Crippen molar-refractivity contribution in [2.45, 2.75) is 38.1 Å². The van der Waals surface area contributed by atoms with Crippen molar-refractivity contribution in [2.24, 2.45) is 0 Å². The molecule has 0 saturated heterocycles. The van der Waals surface area contributed by atoms with Crippen molar-refractivity contribution in [1.82, 2.24) is 10.2 Å². The smallest absolute Gasteiger partial charge is 0.305 e. The number of amides is 3. The van der Waals surface area contributed by atoms with Crippen LogP contribution >= 0.6 is 0 Å². The zero-order valence-corrected chi connectivity index (χ0v) is 17.9. The van der Waals surface area contributed by atoms with E-state index in [1.54, 1.807) is 55.6 Å². The molecule has 2 N–H and O–H groups in total. The summed E-state index contributed by atoms with van der Waals surface area (Å²) < 4.78 is 5.11. The number of carboxylic acids is 1. The van der Waals surface area contributed by atoms with Gasteiger partial charge in [0.05, 0.1) is 30.7 Å². The number of hydrogen-bond acceptors (Lipinski definition) is 5. The molecule has 0 spiro atoms. The molecule has 0 bridgehead atoms. The average Bonchev–Trinajstić information content (AvgIpc) is 3.03. The molecule has 0 aliphatic carbocycles. The Kier molecular flexibility index (Phi) is 7.59. The van der Waals surface area contributed by atoms with Crippen LogP contribution in [0, 0.1) is 0 Å². The van der Waals surface area contributed by atoms with E-state index in [2.05, 4.69) is 5.32 Å². The Bertz CT molecular complexity index is 967. The molecule has 3 rings (SSSR count). The summed E-state index contributed by atoms with van der Waals surface area (Å²) in [7, 11) is 1.54. The van der Waals surface area contributed by atoms with Crippen LogP contribution in [0.15, 0.2) is 48.5 Å². The van der Waals surface area contributed by atoms with E-state index in [1.165, 1.54) is 4.90 Å². The molecular formula is C24H26N2O6. The van der Waals surface area contributed by atoms with E-state index in [0.29, 0.717) is 48.2 Å². The second-order valence-electron chi connectivity index (χ2n) is 7.61. The van der Waals surface area contributed by atoms with Gasteiger partial charge in [-0.3, -0.25) is 24.1 Å². The van der Waals surface area contributed by atoms with Crippen molar-refractivity contribution in [3.8, 4) is 5.75 Å². The number of nitrogens with one attached hydrogen (secondary N) is 1. The summed E-state index contributed by atoms with van der Waals surface area (Å²) in [5.74, 6) is -1.16. The zero-order chi connectivity index (χ0) is 23.1. The first-order chi connectivity index (χ1) is 15.4. The van der Waals surface area contributed by atoms with E-state index in [9.17, 15) is 24.3 Å². The Morgan fingerprint density at radius 1 is 0.969 bits per heavy atom. The van der Waals surface area contributed by atoms with E-state index in [4.69, 9.17) is 4.74 Å². The van der Waals surface area contributed by atoms with Gasteiger partial charge in [-0.15, -0.1) is 0 Å². The van der Waals surface area contributed by atoms with Gasteiger partial charge in [-0.05, 0) is 42.7 Å². The molecule has 0 aromatic heterocycles. The lowest BCUT2D eigenvalue weighted by Crippen LogP contribution is -2.31. The van der Waals surface area contributed by atoms with Gasteiger partial charge in [0.15, 0.2) is 0 Å². The molecule has 0 saturated carbocycles. The van der Waals surface area contributed by atoms with Crippen LogP contribution in [0.25, 0.3) is 0 Å². The van der Waals surface area contributed by atoms with Crippen molar-refractivity contribution in [2.75, 3.05) is 13.7 Å². The zero-order valence-electron chi connectivity index (χ0n) is 17.9. The maximum atomic E-state index is 12.4. The highest BCUT2D eigenvalue weighted by Crippen LogP contribution is 2.23. The van der Waals surface area contributed by atoms with E-state index in [1.807, 2.05) is 0 Å². The molecule has 3 amide bonds. The number of fused-ring (bicyclic) bond motifs is 1. The van der Waals surface area contributed by atoms with Crippen LogP contribution in [-0.2, 0) is 9.59 Å². The van der Waals surface area contributed by atoms with Crippen LogP contribution in [0.3, 0.4) is 0 Å². The third-order valence-corrected chi connectivity index (χ3v) is 5.40. The molecule has 1 aliphatic heterocycles. The quantitative estimate of drug-likeness (QED) is 0.412. The lowest BCUT2D eigenvalue weighted by molar-refractivity contribution is -0.137. The van der Waals surface area contributed by atoms with Crippen molar-refractivity contribution in [1.29, 1.82) is 0 Å². The monoisotopic (exact) mass is 438 g/mol. The summed E-state index contributed by atoms with van der Waals surface area (Å²) in [5.41, 5.74) is 1.55. The minimum absolute atomic E-state index is 0.224. The fourth-order valence-electron chi connectivity index (χ4n) is 3.70. The summed E-state index contributed by atoms with van der Waals surface area (Å²) in [4.78, 5) is 49.5. The topological polar surface area (TPSA) is 113 Å². The molecular weight excluding hydrogens is 412 g/mol. The van der Waals surface area contributed by atoms with Crippen LogP contribution in [0.2, 0.25) is 0 Å². The first-order valence-corrected chi connectivity index (χ1v) is 10.5. The molecule has 1 aliphatic rings. The number of nitrogens with zero attached hydrogens (tertiary/aromatic N) is 1. The first kappa shape index (κ1) is 23.0. The number of carboxylic acid groups (broad SMARTS) is 1. The van der Waals surface area contributed by atoms with Crippen molar-refractivity contribution < 1.29 is 29.0 Å². The largest absolute Gasteiger partial charge is 0.497 e. The summed E-state index contributed by atoms with van der Waals surface area (Å²) in [6.45, 7) is 0.307. The van der Waals surface area contributed by atoms with Gasteiger partial charge in [0, 0.05) is 13.0 Å². The number of carbonyl (C=O) groups excluding carboxylic acids is 3. The van der Waals surface area contributed by atoms with Crippen LogP contribution in [-0.4, -0.2) is 47.4 Å². The van der Waals surface area contributed by atoms with Crippen LogP contribution in [0.4, 0.5) is 0 Å². The fourth-order valence-corrected chi connectivity index (χ4v) is 3.70. The molecule has 32 heavy (non-hydrogen) atoms. The summed E-state index contributed by atoms with van der Waals surface area (Å²) in [6.07, 6.45) is 1.83. The molecule has 2 aromatic carbocycles. The Morgan fingerprint density at radius 3 is 2.16 bits per heavy atom. The van der Waals surface area contributed by atoms with Gasteiger partial charge >= 0.3 is 5.97 Å². The molecule has 8 nitrogen and oxygen atoms in total. The average molecular weight is 438 g/mol. The maximum absolute atomic E-state index is 12.4. The van der Waals surface area contributed by atoms with Crippen molar-refractivity contribution >= 4 is 23.7 Å². The summed E-state index contributed by atoms with van der Waals surface area (Å²) in [6, 6.07) is 13.0. The van der Waals surface area contributed by atoms with E-state index in [-0.39, 0.29) is 30.6 Å². The van der Waals surface area contributed by atoms with Crippen molar-refractivity contribution in [3.05, 3.63) is 65.2 Å². The van der Waals surface area contributed by atoms with Crippen LogP contribution in [0.5, 0.6) is 5.75 Å². The lowest BCUT2D eigenvalue weighted by Gasteiger charge is -2.18. The van der Waals surface area contributed by atoms with Gasteiger partial charge in [-0.25, -0.2) is 0 Å². The molecule has 0 fully saturated rings. The van der Waals surface area contributed by atoms with Gasteiger partial charge in [0.1, 0.15) is 5.75 Å². The molecule has 1 atom stereocenters. The summed E-state index contributed by atoms with van der Waals surface area (Å²) in [5, 5.41) is 12.0. The third kappa shape index (κ3) is 5.51. The maximum Gasteiger partial charge on any atom is 0.305 e. The standard InChI is InChI=1S/C24H26N2O6/c1-32-17-12-10-16(11-13-17)20(15-22(28)29)25-21(27)9-3-2-6-14-26-23(30)18-7-4-5-8-19(18)24(26)31/h4-5,7-8,10-13,20H,2-3,6,9,14-15H2,1H3,(H,25,27)(H,28,29). The number of unbranched alkanes of at least 4 members (excludes halogenated alkanes) is 2. The Balaban J connectivity index is 1.44. The highest BCUT2D eigenvalue weighted by molar-refractivity contribution is 6.21. The van der Waals surface area contributed by atoms with Gasteiger partial charge in [-0.1, -0.05) is 30.7 Å². The number of carbonyl (C=O) groups is 4.